The molecule has 0 fully saturated rings. The predicted molar refractivity (Wildman–Crippen MR) is 125 cm³/mol. The number of fused-ring (bicyclic) bond motifs is 2. The maximum Gasteiger partial charge on any atom is 0.350 e. The van der Waals surface area contributed by atoms with Crippen LogP contribution in [0.4, 0.5) is 9.52 Å². The number of rotatable bonds is 3. The molecule has 1 aliphatic heterocycles. The van der Waals surface area contributed by atoms with Crippen molar-refractivity contribution in [2.75, 3.05) is 12.0 Å². The summed E-state index contributed by atoms with van der Waals surface area (Å²) in [6.07, 6.45) is 0. The lowest BCUT2D eigenvalue weighted by Crippen LogP contribution is -2.30. The molecule has 5 rings (SSSR count). The first-order valence-corrected chi connectivity index (χ1v) is 11.3. The molecule has 7 nitrogen and oxygen atoms in total. The molecule has 172 valence electrons. The topological polar surface area (TPSA) is 89.7 Å². The van der Waals surface area contributed by atoms with Crippen LogP contribution in [-0.2, 0) is 4.74 Å². The maximum atomic E-state index is 15.0. The number of hydrogen-bond donors (Lipinski definition) is 0. The molecule has 0 radical (unpaired) electrons. The third kappa shape index (κ3) is 3.15. The van der Waals surface area contributed by atoms with E-state index in [1.807, 2.05) is 13.8 Å². The smallest absolute Gasteiger partial charge is 0.350 e. The molecule has 1 aliphatic rings. The number of carbonyl (C=O) groups is 2. The number of aromatic nitrogens is 1. The molecular formula is C25H19FN2O5S. The number of aryl methyl sites for hydroxylation is 3. The number of halogens is 1. The van der Waals surface area contributed by atoms with Crippen LogP contribution in [0.2, 0.25) is 0 Å². The molecule has 9 heteroatoms. The standard InChI is InChI=1S/C25H19FN2O5S/c1-11-9-15-17(10-12(11)2)33-21-18(20(15)29)19(14-7-5-6-8-16(14)26)28(23(21)30)25-27-13(3)22(34-25)24(31)32-4/h5-10,19H,1-4H3/t19-/m1/s1. The van der Waals surface area contributed by atoms with E-state index in [1.165, 1.54) is 30.2 Å². The van der Waals surface area contributed by atoms with Crippen molar-refractivity contribution in [2.24, 2.45) is 0 Å². The predicted octanol–water partition coefficient (Wildman–Crippen LogP) is 4.85. The maximum absolute atomic E-state index is 15.0. The molecule has 0 N–H and O–H groups in total. The summed E-state index contributed by atoms with van der Waals surface area (Å²) in [7, 11) is 1.25. The van der Waals surface area contributed by atoms with Crippen LogP contribution in [0.3, 0.4) is 0 Å². The summed E-state index contributed by atoms with van der Waals surface area (Å²) in [5, 5.41) is 0.446. The van der Waals surface area contributed by atoms with Gasteiger partial charge in [-0.05, 0) is 50.1 Å². The minimum atomic E-state index is -1.11. The Morgan fingerprint density at radius 2 is 1.85 bits per heavy atom. The van der Waals surface area contributed by atoms with E-state index in [1.54, 1.807) is 25.1 Å². The van der Waals surface area contributed by atoms with Crippen molar-refractivity contribution >= 4 is 39.3 Å². The van der Waals surface area contributed by atoms with Crippen molar-refractivity contribution in [2.45, 2.75) is 26.8 Å². The largest absolute Gasteiger partial charge is 0.465 e. The Bertz CT molecular complexity index is 1570. The number of nitrogens with zero attached hydrogens (tertiary/aromatic N) is 2. The van der Waals surface area contributed by atoms with Gasteiger partial charge in [-0.3, -0.25) is 14.5 Å². The third-order valence-corrected chi connectivity index (χ3v) is 7.19. The molecule has 3 heterocycles. The lowest BCUT2D eigenvalue weighted by molar-refractivity contribution is 0.0605. The van der Waals surface area contributed by atoms with Gasteiger partial charge < -0.3 is 9.15 Å². The Balaban J connectivity index is 1.82. The zero-order chi connectivity index (χ0) is 24.3. The fourth-order valence-corrected chi connectivity index (χ4v) is 5.20. The van der Waals surface area contributed by atoms with Crippen molar-refractivity contribution in [1.29, 1.82) is 0 Å². The SMILES string of the molecule is COC(=O)c1sc(N2C(=O)c3oc4cc(C)c(C)cc4c(=O)c3[C@H]2c2ccccc2F)nc1C. The average Bonchev–Trinajstić information content (AvgIpc) is 3.32. The molecule has 0 bridgehead atoms. The summed E-state index contributed by atoms with van der Waals surface area (Å²) >= 11 is 0.936. The van der Waals surface area contributed by atoms with Gasteiger partial charge >= 0.3 is 5.97 Å². The van der Waals surface area contributed by atoms with E-state index >= 15 is 4.39 Å². The number of amides is 1. The normalized spacial score (nSPS) is 15.1. The highest BCUT2D eigenvalue weighted by molar-refractivity contribution is 7.17. The molecule has 1 atom stereocenters. The van der Waals surface area contributed by atoms with E-state index in [4.69, 9.17) is 9.15 Å². The molecule has 4 aromatic rings. The van der Waals surface area contributed by atoms with E-state index in [0.29, 0.717) is 11.1 Å². The van der Waals surface area contributed by atoms with Crippen molar-refractivity contribution < 1.29 is 23.1 Å². The fraction of sp³-hybridized carbons (Fsp3) is 0.200. The van der Waals surface area contributed by atoms with Crippen LogP contribution >= 0.6 is 11.3 Å². The molecule has 1 amide bonds. The van der Waals surface area contributed by atoms with Gasteiger partial charge in [0.15, 0.2) is 10.6 Å². The zero-order valence-electron chi connectivity index (χ0n) is 18.8. The second-order valence-electron chi connectivity index (χ2n) is 8.11. The number of benzene rings is 2. The number of carbonyl (C=O) groups excluding carboxylic acids is 2. The van der Waals surface area contributed by atoms with E-state index in [0.717, 1.165) is 22.5 Å². The molecule has 0 spiro atoms. The van der Waals surface area contributed by atoms with Crippen molar-refractivity contribution in [3.8, 4) is 0 Å². The highest BCUT2D eigenvalue weighted by Crippen LogP contribution is 2.43. The summed E-state index contributed by atoms with van der Waals surface area (Å²) in [4.78, 5) is 45.3. The first-order chi connectivity index (χ1) is 16.2. The van der Waals surface area contributed by atoms with Gasteiger partial charge in [-0.2, -0.15) is 0 Å². The molecule has 0 saturated carbocycles. The van der Waals surface area contributed by atoms with E-state index in [2.05, 4.69) is 4.98 Å². The van der Waals surface area contributed by atoms with Crippen LogP contribution in [0.1, 0.15) is 54.2 Å². The number of ether oxygens (including phenoxy) is 1. The molecule has 0 saturated heterocycles. The summed E-state index contributed by atoms with van der Waals surface area (Å²) in [5.41, 5.74) is 2.18. The Morgan fingerprint density at radius 1 is 1.15 bits per heavy atom. The Labute approximate surface area is 197 Å². The Morgan fingerprint density at radius 3 is 2.56 bits per heavy atom. The molecule has 2 aromatic heterocycles. The third-order valence-electron chi connectivity index (χ3n) is 6.05. The summed E-state index contributed by atoms with van der Waals surface area (Å²) < 4.78 is 25.8. The van der Waals surface area contributed by atoms with Crippen molar-refractivity contribution in [3.63, 3.8) is 0 Å². The van der Waals surface area contributed by atoms with Gasteiger partial charge in [0.05, 0.1) is 23.8 Å². The summed E-state index contributed by atoms with van der Waals surface area (Å²) in [6.45, 7) is 5.37. The number of hydrogen-bond acceptors (Lipinski definition) is 7. The minimum Gasteiger partial charge on any atom is -0.465 e. The van der Waals surface area contributed by atoms with Crippen LogP contribution in [0, 0.1) is 26.6 Å². The van der Waals surface area contributed by atoms with E-state index < -0.39 is 29.2 Å². The van der Waals surface area contributed by atoms with Gasteiger partial charge in [0.25, 0.3) is 5.91 Å². The molecule has 34 heavy (non-hydrogen) atoms. The van der Waals surface area contributed by atoms with Crippen LogP contribution in [0.25, 0.3) is 11.0 Å². The van der Waals surface area contributed by atoms with Gasteiger partial charge in [-0.1, -0.05) is 29.5 Å². The fourth-order valence-electron chi connectivity index (χ4n) is 4.18. The first-order valence-electron chi connectivity index (χ1n) is 10.4. The van der Waals surface area contributed by atoms with Crippen LogP contribution in [0.15, 0.2) is 45.6 Å². The molecule has 0 aliphatic carbocycles. The second kappa shape index (κ2) is 7.88. The highest BCUT2D eigenvalue weighted by atomic mass is 32.1. The van der Waals surface area contributed by atoms with Crippen molar-refractivity contribution in [1.82, 2.24) is 4.98 Å². The number of anilines is 1. The van der Waals surface area contributed by atoms with Crippen LogP contribution in [-0.4, -0.2) is 24.0 Å². The molecule has 0 unspecified atom stereocenters. The summed E-state index contributed by atoms with van der Waals surface area (Å²) in [6, 6.07) is 8.25. The summed E-state index contributed by atoms with van der Waals surface area (Å²) in [5.74, 6) is -1.98. The van der Waals surface area contributed by atoms with Gasteiger partial charge in [-0.25, -0.2) is 14.2 Å². The zero-order valence-corrected chi connectivity index (χ0v) is 19.6. The molecular weight excluding hydrogens is 459 g/mol. The van der Waals surface area contributed by atoms with Crippen LogP contribution in [0.5, 0.6) is 0 Å². The number of methoxy groups -OCH3 is 1. The van der Waals surface area contributed by atoms with Gasteiger partial charge in [-0.15, -0.1) is 0 Å². The quantitative estimate of drug-likeness (QED) is 0.391. The Hall–Kier alpha value is -3.85. The lowest BCUT2D eigenvalue weighted by atomic mass is 9.97. The lowest BCUT2D eigenvalue weighted by Gasteiger charge is -2.22. The highest BCUT2D eigenvalue weighted by Gasteiger charge is 2.46. The van der Waals surface area contributed by atoms with Gasteiger partial charge in [0.2, 0.25) is 5.76 Å². The monoisotopic (exact) mass is 478 g/mol. The minimum absolute atomic E-state index is 0.0401. The number of thiazole rings is 1. The van der Waals surface area contributed by atoms with Crippen LogP contribution < -0.4 is 10.3 Å². The number of esters is 1. The van der Waals surface area contributed by atoms with E-state index in [9.17, 15) is 14.4 Å². The van der Waals surface area contributed by atoms with Crippen molar-refractivity contribution in [3.05, 3.63) is 91.0 Å². The second-order valence-corrected chi connectivity index (χ2v) is 9.09. The Kier molecular flexibility index (Phi) is 5.09. The average molecular weight is 479 g/mol. The van der Waals surface area contributed by atoms with E-state index in [-0.39, 0.29) is 32.5 Å². The first kappa shape index (κ1) is 22.0. The van der Waals surface area contributed by atoms with Gasteiger partial charge in [0.1, 0.15) is 22.3 Å². The van der Waals surface area contributed by atoms with Gasteiger partial charge in [0, 0.05) is 5.56 Å². The molecule has 2 aromatic carbocycles.